The number of halogens is 4. The zero-order valence-corrected chi connectivity index (χ0v) is 10.5. The molecule has 0 bridgehead atoms. The van der Waals surface area contributed by atoms with Crippen molar-refractivity contribution < 1.29 is 17.2 Å². The first-order valence-electron chi connectivity index (χ1n) is 3.63. The molecule has 0 saturated carbocycles. The zero-order valence-electron chi connectivity index (χ0n) is 7.34. The molecule has 1 aromatic heterocycles. The van der Waals surface area contributed by atoms with Gasteiger partial charge in [-0.3, -0.25) is 4.98 Å². The molecule has 1 heterocycles. The minimum atomic E-state index is -4.07. The van der Waals surface area contributed by atoms with Crippen LogP contribution in [0.15, 0.2) is 15.6 Å². The van der Waals surface area contributed by atoms with E-state index in [1.807, 2.05) is 0 Å². The van der Waals surface area contributed by atoms with Crippen LogP contribution in [-0.2, 0) is 9.05 Å². The van der Waals surface area contributed by atoms with Gasteiger partial charge in [-0.15, -0.1) is 0 Å². The minimum absolute atomic E-state index is 0.210. The number of rotatable bonds is 2. The second kappa shape index (κ2) is 4.31. The van der Waals surface area contributed by atoms with E-state index in [4.69, 9.17) is 10.7 Å². The van der Waals surface area contributed by atoms with E-state index in [0.717, 1.165) is 6.20 Å². The van der Waals surface area contributed by atoms with Crippen molar-refractivity contribution >= 4 is 35.7 Å². The molecule has 0 fully saturated rings. The summed E-state index contributed by atoms with van der Waals surface area (Å²) >= 11 is 2.76. The van der Waals surface area contributed by atoms with Gasteiger partial charge in [0, 0.05) is 16.9 Å². The van der Waals surface area contributed by atoms with Crippen LogP contribution in [-0.4, -0.2) is 13.4 Å². The van der Waals surface area contributed by atoms with Gasteiger partial charge < -0.3 is 0 Å². The molecule has 1 aromatic rings. The van der Waals surface area contributed by atoms with Crippen molar-refractivity contribution in [2.24, 2.45) is 0 Å². The molecular weight excluding hydrogens is 316 g/mol. The Kier molecular flexibility index (Phi) is 3.67. The van der Waals surface area contributed by atoms with E-state index < -0.39 is 21.2 Å². The van der Waals surface area contributed by atoms with Gasteiger partial charge in [0.15, 0.2) is 0 Å². The third kappa shape index (κ3) is 2.64. The number of pyridine rings is 1. The van der Waals surface area contributed by atoms with Gasteiger partial charge in [0.25, 0.3) is 15.5 Å². The second-order valence-electron chi connectivity index (χ2n) is 2.71. The van der Waals surface area contributed by atoms with Crippen molar-refractivity contribution in [3.05, 3.63) is 21.9 Å². The van der Waals surface area contributed by atoms with Crippen LogP contribution >= 0.6 is 26.6 Å². The highest BCUT2D eigenvalue weighted by atomic mass is 79.9. The van der Waals surface area contributed by atoms with E-state index in [1.54, 1.807) is 0 Å². The normalized spacial score (nSPS) is 12.1. The maximum absolute atomic E-state index is 12.4. The third-order valence-corrected chi connectivity index (χ3v) is 4.17. The van der Waals surface area contributed by atoms with Crippen LogP contribution in [0.1, 0.15) is 17.7 Å². The number of alkyl halides is 2. The summed E-state index contributed by atoms with van der Waals surface area (Å²) in [5.74, 6) is 0. The Labute approximate surface area is 98.0 Å². The number of hydrogen-bond acceptors (Lipinski definition) is 3. The van der Waals surface area contributed by atoms with Gasteiger partial charge in [-0.25, -0.2) is 17.2 Å². The van der Waals surface area contributed by atoms with E-state index in [9.17, 15) is 17.2 Å². The van der Waals surface area contributed by atoms with Crippen LogP contribution < -0.4 is 0 Å². The highest BCUT2D eigenvalue weighted by Crippen LogP contribution is 2.34. The maximum Gasteiger partial charge on any atom is 0.281 e. The SMILES string of the molecule is Cc1cnc(C(F)F)c(Br)c1S(=O)(=O)Cl. The Morgan fingerprint density at radius 3 is 2.47 bits per heavy atom. The van der Waals surface area contributed by atoms with Gasteiger partial charge in [0.2, 0.25) is 0 Å². The lowest BCUT2D eigenvalue weighted by Gasteiger charge is -2.08. The molecule has 0 radical (unpaired) electrons. The monoisotopic (exact) mass is 319 g/mol. The molecule has 1 rings (SSSR count). The van der Waals surface area contributed by atoms with Crippen LogP contribution in [0, 0.1) is 6.92 Å². The Bertz CT molecular complexity index is 492. The first kappa shape index (κ1) is 12.8. The molecule has 15 heavy (non-hydrogen) atoms. The summed E-state index contributed by atoms with van der Waals surface area (Å²) in [5, 5.41) is 0. The predicted molar refractivity (Wildman–Crippen MR) is 54.7 cm³/mol. The van der Waals surface area contributed by atoms with E-state index >= 15 is 0 Å². The summed E-state index contributed by atoms with van der Waals surface area (Å²) in [4.78, 5) is 3.07. The largest absolute Gasteiger partial charge is 0.281 e. The molecule has 8 heteroatoms. The lowest BCUT2D eigenvalue weighted by atomic mass is 10.3. The molecule has 0 saturated heterocycles. The fourth-order valence-corrected chi connectivity index (χ4v) is 3.88. The van der Waals surface area contributed by atoms with E-state index in [0.29, 0.717) is 0 Å². The summed E-state index contributed by atoms with van der Waals surface area (Å²) < 4.78 is 46.7. The van der Waals surface area contributed by atoms with E-state index in [-0.39, 0.29) is 14.9 Å². The summed E-state index contributed by atoms with van der Waals surface area (Å²) in [6, 6.07) is 0. The van der Waals surface area contributed by atoms with Gasteiger partial charge in [0.1, 0.15) is 10.6 Å². The number of aryl methyl sites for hydroxylation is 1. The van der Waals surface area contributed by atoms with Crippen molar-refractivity contribution in [3.63, 3.8) is 0 Å². The van der Waals surface area contributed by atoms with E-state index in [1.165, 1.54) is 6.92 Å². The molecule has 0 spiro atoms. The molecule has 0 aliphatic heterocycles. The molecule has 3 nitrogen and oxygen atoms in total. The van der Waals surface area contributed by atoms with Crippen molar-refractivity contribution in [2.75, 3.05) is 0 Å². The standard InChI is InChI=1S/C7H5BrClF2NO2S/c1-3-2-12-5(7(10)11)4(8)6(3)15(9,13)14/h2,7H,1H3. The highest BCUT2D eigenvalue weighted by Gasteiger charge is 2.24. The zero-order chi connectivity index (χ0) is 11.8. The van der Waals surface area contributed by atoms with Crippen LogP contribution in [0.3, 0.4) is 0 Å². The number of nitrogens with zero attached hydrogens (tertiary/aromatic N) is 1. The summed E-state index contributed by atoms with van der Waals surface area (Å²) in [7, 11) is 1.05. The molecule has 84 valence electrons. The summed E-state index contributed by atoms with van der Waals surface area (Å²) in [6.45, 7) is 1.42. The number of hydrogen-bond donors (Lipinski definition) is 0. The summed E-state index contributed by atoms with van der Waals surface area (Å²) in [5.41, 5.74) is -0.430. The first-order chi connectivity index (χ1) is 6.75. The Hall–Kier alpha value is -0.270. The Balaban J connectivity index is 3.59. The van der Waals surface area contributed by atoms with Gasteiger partial charge in [0.05, 0.1) is 4.47 Å². The fraction of sp³-hybridized carbons (Fsp3) is 0.286. The van der Waals surface area contributed by atoms with Crippen LogP contribution in [0.4, 0.5) is 8.78 Å². The Morgan fingerprint density at radius 2 is 2.07 bits per heavy atom. The van der Waals surface area contributed by atoms with E-state index in [2.05, 4.69) is 20.9 Å². The molecule has 0 aliphatic carbocycles. The Morgan fingerprint density at radius 1 is 1.53 bits per heavy atom. The molecule has 0 N–H and O–H groups in total. The van der Waals surface area contributed by atoms with Crippen LogP contribution in [0.5, 0.6) is 0 Å². The lowest BCUT2D eigenvalue weighted by Crippen LogP contribution is -2.02. The third-order valence-electron chi connectivity index (χ3n) is 1.63. The fourth-order valence-electron chi connectivity index (χ4n) is 1.02. The predicted octanol–water partition coefficient (Wildman–Crippen LogP) is 3.02. The number of aromatic nitrogens is 1. The van der Waals surface area contributed by atoms with Crippen molar-refractivity contribution in [1.82, 2.24) is 4.98 Å². The molecule has 0 atom stereocenters. The molecular formula is C7H5BrClF2NO2S. The molecule has 0 aromatic carbocycles. The minimum Gasteiger partial charge on any atom is -0.254 e. The lowest BCUT2D eigenvalue weighted by molar-refractivity contribution is 0.144. The van der Waals surface area contributed by atoms with Gasteiger partial charge in [-0.2, -0.15) is 0 Å². The van der Waals surface area contributed by atoms with Crippen LogP contribution in [0.25, 0.3) is 0 Å². The maximum atomic E-state index is 12.4. The van der Waals surface area contributed by atoms with Gasteiger partial charge in [-0.05, 0) is 28.4 Å². The quantitative estimate of drug-likeness (QED) is 0.787. The average Bonchev–Trinajstić information content (AvgIpc) is 2.00. The molecule has 0 aliphatic rings. The molecule has 0 amide bonds. The summed E-state index contributed by atoms with van der Waals surface area (Å²) in [6.07, 6.45) is -1.82. The topological polar surface area (TPSA) is 47.0 Å². The molecule has 0 unspecified atom stereocenters. The van der Waals surface area contributed by atoms with Crippen molar-refractivity contribution in [1.29, 1.82) is 0 Å². The smallest absolute Gasteiger partial charge is 0.254 e. The van der Waals surface area contributed by atoms with Gasteiger partial charge >= 0.3 is 0 Å². The van der Waals surface area contributed by atoms with Crippen molar-refractivity contribution in [3.8, 4) is 0 Å². The van der Waals surface area contributed by atoms with Crippen LogP contribution in [0.2, 0.25) is 0 Å². The van der Waals surface area contributed by atoms with Gasteiger partial charge in [-0.1, -0.05) is 0 Å². The second-order valence-corrected chi connectivity index (χ2v) is 6.00. The highest BCUT2D eigenvalue weighted by molar-refractivity contribution is 9.10. The van der Waals surface area contributed by atoms with Crippen molar-refractivity contribution in [2.45, 2.75) is 18.2 Å². The average molecular weight is 321 g/mol. The first-order valence-corrected chi connectivity index (χ1v) is 6.73.